The van der Waals surface area contributed by atoms with Gasteiger partial charge in [-0.25, -0.2) is 4.79 Å². The average Bonchev–Trinajstić information content (AvgIpc) is 3.06. The van der Waals surface area contributed by atoms with Gasteiger partial charge in [0.15, 0.2) is 0 Å². The summed E-state index contributed by atoms with van der Waals surface area (Å²) in [6, 6.07) is 18.6. The van der Waals surface area contributed by atoms with Crippen LogP contribution in [0.25, 0.3) is 0 Å². The molecule has 0 spiro atoms. The summed E-state index contributed by atoms with van der Waals surface area (Å²) in [7, 11) is 1.85. The van der Waals surface area contributed by atoms with Crippen LogP contribution in [0, 0.1) is 0 Å². The lowest BCUT2D eigenvalue weighted by atomic mass is 10.2. The van der Waals surface area contributed by atoms with Gasteiger partial charge in [-0.05, 0) is 24.6 Å². The van der Waals surface area contributed by atoms with E-state index < -0.39 is 6.09 Å². The van der Waals surface area contributed by atoms with E-state index in [2.05, 4.69) is 5.32 Å². The average molecular weight is 368 g/mol. The lowest BCUT2D eigenvalue weighted by Gasteiger charge is -2.17. The van der Waals surface area contributed by atoms with Crippen LogP contribution in [0.1, 0.15) is 17.5 Å². The van der Waals surface area contributed by atoms with Gasteiger partial charge >= 0.3 is 12.1 Å². The maximum atomic E-state index is 12.4. The van der Waals surface area contributed by atoms with Crippen LogP contribution >= 0.6 is 0 Å². The molecule has 0 radical (unpaired) electrons. The molecule has 142 valence electrons. The molecule has 6 heteroatoms. The van der Waals surface area contributed by atoms with E-state index in [4.69, 9.17) is 9.47 Å². The van der Waals surface area contributed by atoms with Crippen LogP contribution in [0.5, 0.6) is 0 Å². The fraction of sp³-hybridized carbons (Fsp3) is 0.333. The molecule has 1 N–H and O–H groups in total. The van der Waals surface area contributed by atoms with Crippen molar-refractivity contribution in [3.63, 3.8) is 0 Å². The molecule has 0 saturated carbocycles. The quantitative estimate of drug-likeness (QED) is 0.794. The van der Waals surface area contributed by atoms with Crippen molar-refractivity contribution < 1.29 is 19.1 Å². The van der Waals surface area contributed by atoms with Gasteiger partial charge < -0.3 is 14.8 Å². The van der Waals surface area contributed by atoms with Crippen molar-refractivity contribution in [2.24, 2.45) is 0 Å². The number of likely N-dealkylation sites (tertiary alicyclic amines) is 1. The molecular weight excluding hydrogens is 344 g/mol. The minimum absolute atomic E-state index is 0.146. The summed E-state index contributed by atoms with van der Waals surface area (Å²) in [5, 5.41) is 2.83. The number of carbonyl (C=O) groups is 2. The lowest BCUT2D eigenvalue weighted by Crippen LogP contribution is -2.36. The molecule has 1 aliphatic heterocycles. The summed E-state index contributed by atoms with van der Waals surface area (Å²) >= 11 is 0. The lowest BCUT2D eigenvalue weighted by molar-refractivity contribution is -0.149. The predicted molar refractivity (Wildman–Crippen MR) is 101 cm³/mol. The number of hydrogen-bond acceptors (Lipinski definition) is 5. The molecule has 1 saturated heterocycles. The number of nitrogens with zero attached hydrogens (tertiary/aromatic N) is 1. The second kappa shape index (κ2) is 9.19. The Morgan fingerprint density at radius 3 is 2.11 bits per heavy atom. The minimum atomic E-state index is -0.476. The SMILES string of the molecule is CN1C[C@@H](NC(=O)OCc2ccccc2)C[C@@H]1C(=O)OCc1ccccc1. The molecule has 0 unspecified atom stereocenters. The predicted octanol–water partition coefficient (Wildman–Crippen LogP) is 2.73. The number of carbonyl (C=O) groups excluding carboxylic acids is 2. The molecular formula is C21H24N2O4. The van der Waals surface area contributed by atoms with Crippen molar-refractivity contribution >= 4 is 12.1 Å². The molecule has 0 aliphatic carbocycles. The molecule has 6 nitrogen and oxygen atoms in total. The summed E-state index contributed by atoms with van der Waals surface area (Å²) in [5.41, 5.74) is 1.88. The minimum Gasteiger partial charge on any atom is -0.460 e. The monoisotopic (exact) mass is 368 g/mol. The highest BCUT2D eigenvalue weighted by Crippen LogP contribution is 2.18. The van der Waals surface area contributed by atoms with E-state index in [0.29, 0.717) is 13.0 Å². The first-order chi connectivity index (χ1) is 13.1. The number of hydrogen-bond donors (Lipinski definition) is 1. The number of amides is 1. The van der Waals surface area contributed by atoms with Crippen LogP contribution in [0.4, 0.5) is 4.79 Å². The fourth-order valence-electron chi connectivity index (χ4n) is 3.14. The Morgan fingerprint density at radius 1 is 0.963 bits per heavy atom. The Labute approximate surface area is 159 Å². The third kappa shape index (κ3) is 5.56. The van der Waals surface area contributed by atoms with Gasteiger partial charge in [-0.2, -0.15) is 0 Å². The molecule has 0 aromatic heterocycles. The Kier molecular flexibility index (Phi) is 6.44. The molecule has 0 bridgehead atoms. The second-order valence-electron chi connectivity index (χ2n) is 6.69. The Balaban J connectivity index is 1.43. The van der Waals surface area contributed by atoms with Crippen molar-refractivity contribution in [1.82, 2.24) is 10.2 Å². The zero-order chi connectivity index (χ0) is 19.1. The van der Waals surface area contributed by atoms with Crippen LogP contribution in [0.2, 0.25) is 0 Å². The van der Waals surface area contributed by atoms with Crippen LogP contribution in [0.3, 0.4) is 0 Å². The molecule has 2 atom stereocenters. The van der Waals surface area contributed by atoms with Crippen molar-refractivity contribution in [2.75, 3.05) is 13.6 Å². The molecule has 27 heavy (non-hydrogen) atoms. The van der Waals surface area contributed by atoms with E-state index in [1.165, 1.54) is 0 Å². The smallest absolute Gasteiger partial charge is 0.407 e. The van der Waals surface area contributed by atoms with Gasteiger partial charge in [0.05, 0.1) is 0 Å². The molecule has 2 aromatic rings. The van der Waals surface area contributed by atoms with Crippen molar-refractivity contribution in [1.29, 1.82) is 0 Å². The molecule has 1 heterocycles. The Morgan fingerprint density at radius 2 is 1.52 bits per heavy atom. The first-order valence-electron chi connectivity index (χ1n) is 9.00. The summed E-state index contributed by atoms with van der Waals surface area (Å²) in [5.74, 6) is -0.275. The molecule has 3 rings (SSSR count). The third-order valence-corrected chi connectivity index (χ3v) is 4.58. The van der Waals surface area contributed by atoms with Gasteiger partial charge in [0, 0.05) is 12.6 Å². The first-order valence-corrected chi connectivity index (χ1v) is 9.00. The molecule has 1 aliphatic rings. The Hall–Kier alpha value is -2.86. The van der Waals surface area contributed by atoms with E-state index in [1.54, 1.807) is 0 Å². The summed E-state index contributed by atoms with van der Waals surface area (Å²) < 4.78 is 10.7. The fourth-order valence-corrected chi connectivity index (χ4v) is 3.14. The van der Waals surface area contributed by atoms with Crippen LogP contribution in [0.15, 0.2) is 60.7 Å². The number of benzene rings is 2. The zero-order valence-corrected chi connectivity index (χ0v) is 15.3. The van der Waals surface area contributed by atoms with Gasteiger partial charge in [-0.1, -0.05) is 60.7 Å². The molecule has 2 aromatic carbocycles. The number of esters is 1. The maximum absolute atomic E-state index is 12.4. The van der Waals surface area contributed by atoms with Crippen molar-refractivity contribution in [3.05, 3.63) is 71.8 Å². The molecule has 1 fully saturated rings. The van der Waals surface area contributed by atoms with Gasteiger partial charge in [0.25, 0.3) is 0 Å². The number of alkyl carbamates (subject to hydrolysis) is 1. The van der Waals surface area contributed by atoms with Gasteiger partial charge in [0.1, 0.15) is 19.3 Å². The highest BCUT2D eigenvalue weighted by Gasteiger charge is 2.36. The standard InChI is InChI=1S/C21H24N2O4/c1-23-13-18(22-21(25)27-15-17-10-6-3-7-11-17)12-19(23)20(24)26-14-16-8-4-2-5-9-16/h2-11,18-19H,12-15H2,1H3,(H,22,25)/t18-,19+/m0/s1. The summed E-state index contributed by atoms with van der Waals surface area (Å²) in [6.07, 6.45) is 0.0282. The number of ether oxygens (including phenoxy) is 2. The largest absolute Gasteiger partial charge is 0.460 e. The second-order valence-corrected chi connectivity index (χ2v) is 6.69. The van der Waals surface area contributed by atoms with E-state index in [9.17, 15) is 9.59 Å². The molecule has 1 amide bonds. The number of rotatable bonds is 6. The van der Waals surface area contributed by atoms with Crippen LogP contribution in [-0.2, 0) is 27.5 Å². The van der Waals surface area contributed by atoms with E-state index in [-0.39, 0.29) is 31.3 Å². The van der Waals surface area contributed by atoms with Gasteiger partial charge in [-0.15, -0.1) is 0 Å². The summed E-state index contributed by atoms with van der Waals surface area (Å²) in [4.78, 5) is 26.3. The topological polar surface area (TPSA) is 67.9 Å². The zero-order valence-electron chi connectivity index (χ0n) is 15.3. The third-order valence-electron chi connectivity index (χ3n) is 4.58. The number of likely N-dealkylation sites (N-methyl/N-ethyl adjacent to an activating group) is 1. The normalized spacial score (nSPS) is 19.4. The van der Waals surface area contributed by atoms with E-state index >= 15 is 0 Å². The first kappa shape index (κ1) is 18.9. The highest BCUT2D eigenvalue weighted by atomic mass is 16.5. The number of nitrogens with one attached hydrogen (secondary N) is 1. The van der Waals surface area contributed by atoms with E-state index in [1.807, 2.05) is 72.6 Å². The van der Waals surface area contributed by atoms with Crippen molar-refractivity contribution in [2.45, 2.75) is 31.7 Å². The maximum Gasteiger partial charge on any atom is 0.407 e. The highest BCUT2D eigenvalue weighted by molar-refractivity contribution is 5.76. The van der Waals surface area contributed by atoms with Gasteiger partial charge in [-0.3, -0.25) is 9.69 Å². The van der Waals surface area contributed by atoms with Crippen LogP contribution in [-0.4, -0.2) is 42.6 Å². The van der Waals surface area contributed by atoms with E-state index in [0.717, 1.165) is 11.1 Å². The Bertz CT molecular complexity index is 751. The summed E-state index contributed by atoms with van der Waals surface area (Å²) in [6.45, 7) is 1.05. The van der Waals surface area contributed by atoms with Crippen molar-refractivity contribution in [3.8, 4) is 0 Å². The van der Waals surface area contributed by atoms with Gasteiger partial charge in [0.2, 0.25) is 0 Å². The van der Waals surface area contributed by atoms with Crippen LogP contribution < -0.4 is 5.32 Å².